The molecule has 0 aliphatic carbocycles. The number of hydrogen-bond donors (Lipinski definition) is 2. The number of hydrogen-bond acceptors (Lipinski definition) is 7. The standard InChI is InChI=1S/C12H21N3O4/c1-2-18-12(4-7-17-8-5-12)11-14-10(19-15-11)9(13)3-6-16/h9,16H,2-8,13H2,1H3. The van der Waals surface area contributed by atoms with Gasteiger partial charge in [0.15, 0.2) is 0 Å². The molecule has 7 nitrogen and oxygen atoms in total. The molecule has 1 aromatic rings. The first-order valence-electron chi connectivity index (χ1n) is 6.64. The van der Waals surface area contributed by atoms with Crippen LogP contribution in [0.2, 0.25) is 0 Å². The second-order valence-electron chi connectivity index (χ2n) is 4.61. The summed E-state index contributed by atoms with van der Waals surface area (Å²) in [6, 6.07) is -0.440. The van der Waals surface area contributed by atoms with Crippen molar-refractivity contribution in [2.45, 2.75) is 37.8 Å². The molecule has 1 saturated heterocycles. The molecule has 0 spiro atoms. The van der Waals surface area contributed by atoms with Gasteiger partial charge >= 0.3 is 0 Å². The summed E-state index contributed by atoms with van der Waals surface area (Å²) in [6.45, 7) is 3.74. The molecule has 0 aromatic carbocycles. The predicted molar refractivity (Wildman–Crippen MR) is 66.3 cm³/mol. The minimum absolute atomic E-state index is 0.0106. The Bertz CT molecular complexity index is 385. The molecular weight excluding hydrogens is 250 g/mol. The molecule has 1 fully saturated rings. The Morgan fingerprint density at radius 1 is 1.47 bits per heavy atom. The summed E-state index contributed by atoms with van der Waals surface area (Å²) in [4.78, 5) is 4.35. The van der Waals surface area contributed by atoms with Crippen molar-refractivity contribution in [1.82, 2.24) is 10.1 Å². The van der Waals surface area contributed by atoms with Crippen molar-refractivity contribution in [3.63, 3.8) is 0 Å². The van der Waals surface area contributed by atoms with Gasteiger partial charge in [-0.1, -0.05) is 5.16 Å². The summed E-state index contributed by atoms with van der Waals surface area (Å²) in [7, 11) is 0. The minimum Gasteiger partial charge on any atom is -0.396 e. The van der Waals surface area contributed by atoms with Gasteiger partial charge in [0.2, 0.25) is 11.7 Å². The van der Waals surface area contributed by atoms with Crippen molar-refractivity contribution in [3.8, 4) is 0 Å². The lowest BCUT2D eigenvalue weighted by molar-refractivity contribution is -0.118. The second kappa shape index (κ2) is 6.42. The SMILES string of the molecule is CCOC1(c2noc(C(N)CCO)n2)CCOCC1. The molecule has 108 valence electrons. The van der Waals surface area contributed by atoms with Gasteiger partial charge < -0.3 is 24.8 Å². The summed E-state index contributed by atoms with van der Waals surface area (Å²) in [6.07, 6.45) is 1.80. The summed E-state index contributed by atoms with van der Waals surface area (Å²) in [5.41, 5.74) is 5.31. The fraction of sp³-hybridized carbons (Fsp3) is 0.833. The van der Waals surface area contributed by atoms with Gasteiger partial charge in [-0.3, -0.25) is 0 Å². The van der Waals surface area contributed by atoms with Crippen LogP contribution in [-0.2, 0) is 15.1 Å². The van der Waals surface area contributed by atoms with E-state index in [1.807, 2.05) is 6.92 Å². The van der Waals surface area contributed by atoms with Gasteiger partial charge in [0.05, 0.1) is 6.04 Å². The Hall–Kier alpha value is -1.02. The van der Waals surface area contributed by atoms with Gasteiger partial charge in [0.1, 0.15) is 5.60 Å². The number of rotatable bonds is 6. The zero-order chi connectivity index (χ0) is 13.7. The maximum Gasteiger partial charge on any atom is 0.243 e. The molecule has 3 N–H and O–H groups in total. The number of aliphatic hydroxyl groups is 1. The van der Waals surface area contributed by atoms with Crippen LogP contribution in [0.4, 0.5) is 0 Å². The number of aliphatic hydroxyl groups excluding tert-OH is 1. The largest absolute Gasteiger partial charge is 0.396 e. The van der Waals surface area contributed by atoms with Crippen LogP contribution in [0.5, 0.6) is 0 Å². The first-order chi connectivity index (χ1) is 9.22. The molecule has 1 aliphatic rings. The third-order valence-corrected chi connectivity index (χ3v) is 3.33. The average molecular weight is 271 g/mol. The van der Waals surface area contributed by atoms with Crippen molar-refractivity contribution < 1.29 is 19.1 Å². The van der Waals surface area contributed by atoms with Crippen molar-refractivity contribution in [2.24, 2.45) is 5.73 Å². The highest BCUT2D eigenvalue weighted by Gasteiger charge is 2.40. The van der Waals surface area contributed by atoms with Crippen LogP contribution in [0.1, 0.15) is 43.9 Å². The Kier molecular flexibility index (Phi) is 4.87. The molecule has 19 heavy (non-hydrogen) atoms. The molecular formula is C12H21N3O4. The quantitative estimate of drug-likeness (QED) is 0.776. The maximum atomic E-state index is 8.88. The summed E-state index contributed by atoms with van der Waals surface area (Å²) >= 11 is 0. The van der Waals surface area contributed by atoms with Gasteiger partial charge in [0, 0.05) is 39.3 Å². The maximum absolute atomic E-state index is 8.88. The Balaban J connectivity index is 2.18. The van der Waals surface area contributed by atoms with Gasteiger partial charge in [-0.15, -0.1) is 0 Å². The molecule has 1 unspecified atom stereocenters. The van der Waals surface area contributed by atoms with E-state index in [1.165, 1.54) is 0 Å². The van der Waals surface area contributed by atoms with Gasteiger partial charge in [-0.25, -0.2) is 0 Å². The molecule has 7 heteroatoms. The fourth-order valence-corrected chi connectivity index (χ4v) is 2.24. The first kappa shape index (κ1) is 14.4. The second-order valence-corrected chi connectivity index (χ2v) is 4.61. The molecule has 0 bridgehead atoms. The monoisotopic (exact) mass is 271 g/mol. The van der Waals surface area contributed by atoms with Gasteiger partial charge in [-0.05, 0) is 13.3 Å². The number of aromatic nitrogens is 2. The van der Waals surface area contributed by atoms with E-state index >= 15 is 0 Å². The highest BCUT2D eigenvalue weighted by Crippen LogP contribution is 2.34. The van der Waals surface area contributed by atoms with Crippen LogP contribution < -0.4 is 5.73 Å². The highest BCUT2D eigenvalue weighted by molar-refractivity contribution is 5.04. The highest BCUT2D eigenvalue weighted by atomic mass is 16.5. The molecule has 2 heterocycles. The van der Waals surface area contributed by atoms with E-state index in [4.69, 9.17) is 24.8 Å². The summed E-state index contributed by atoms with van der Waals surface area (Å²) < 4.78 is 16.4. The lowest BCUT2D eigenvalue weighted by atomic mass is 9.93. The molecule has 0 radical (unpaired) electrons. The van der Waals surface area contributed by atoms with Crippen LogP contribution in [0, 0.1) is 0 Å². The van der Waals surface area contributed by atoms with Gasteiger partial charge in [0.25, 0.3) is 0 Å². The molecule has 1 aromatic heterocycles. The van der Waals surface area contributed by atoms with Crippen LogP contribution in [0.3, 0.4) is 0 Å². The topological polar surface area (TPSA) is 104 Å². The zero-order valence-corrected chi connectivity index (χ0v) is 11.2. The number of nitrogens with two attached hydrogens (primary N) is 1. The Morgan fingerprint density at radius 2 is 2.21 bits per heavy atom. The fourth-order valence-electron chi connectivity index (χ4n) is 2.24. The Morgan fingerprint density at radius 3 is 2.84 bits per heavy atom. The Labute approximate surface area is 112 Å². The summed E-state index contributed by atoms with van der Waals surface area (Å²) in [5.74, 6) is 0.871. The van der Waals surface area contributed by atoms with E-state index in [9.17, 15) is 0 Å². The predicted octanol–water partition coefficient (Wildman–Crippen LogP) is 0.494. The minimum atomic E-state index is -0.534. The van der Waals surface area contributed by atoms with Crippen LogP contribution in [0.15, 0.2) is 4.52 Å². The normalized spacial score (nSPS) is 20.4. The van der Waals surface area contributed by atoms with Crippen LogP contribution >= 0.6 is 0 Å². The molecule has 0 amide bonds. The lowest BCUT2D eigenvalue weighted by Gasteiger charge is -2.33. The molecule has 1 atom stereocenters. The third-order valence-electron chi connectivity index (χ3n) is 3.33. The van der Waals surface area contributed by atoms with Crippen molar-refractivity contribution in [1.29, 1.82) is 0 Å². The molecule has 1 aliphatic heterocycles. The third kappa shape index (κ3) is 3.11. The van der Waals surface area contributed by atoms with Crippen LogP contribution in [-0.4, -0.2) is 41.7 Å². The van der Waals surface area contributed by atoms with Gasteiger partial charge in [-0.2, -0.15) is 4.98 Å². The number of ether oxygens (including phenoxy) is 2. The van der Waals surface area contributed by atoms with Crippen molar-refractivity contribution in [2.75, 3.05) is 26.4 Å². The van der Waals surface area contributed by atoms with E-state index < -0.39 is 11.6 Å². The van der Waals surface area contributed by atoms with E-state index in [0.717, 1.165) is 0 Å². The van der Waals surface area contributed by atoms with Crippen molar-refractivity contribution in [3.05, 3.63) is 11.7 Å². The van der Waals surface area contributed by atoms with E-state index in [-0.39, 0.29) is 6.61 Å². The zero-order valence-electron chi connectivity index (χ0n) is 11.2. The van der Waals surface area contributed by atoms with Crippen molar-refractivity contribution >= 4 is 0 Å². The van der Waals surface area contributed by atoms with E-state index in [2.05, 4.69) is 10.1 Å². The molecule has 0 saturated carbocycles. The lowest BCUT2D eigenvalue weighted by Crippen LogP contribution is -2.37. The first-order valence-corrected chi connectivity index (χ1v) is 6.64. The number of nitrogens with zero attached hydrogens (tertiary/aromatic N) is 2. The smallest absolute Gasteiger partial charge is 0.243 e. The van der Waals surface area contributed by atoms with E-state index in [0.29, 0.717) is 50.8 Å². The average Bonchev–Trinajstić information content (AvgIpc) is 2.91. The van der Waals surface area contributed by atoms with Crippen LogP contribution in [0.25, 0.3) is 0 Å². The van der Waals surface area contributed by atoms with E-state index in [1.54, 1.807) is 0 Å². The molecule has 2 rings (SSSR count). The summed E-state index contributed by atoms with van der Waals surface area (Å²) in [5, 5.41) is 12.9.